The summed E-state index contributed by atoms with van der Waals surface area (Å²) in [5.41, 5.74) is 6.29. The Bertz CT molecular complexity index is 1360. The van der Waals surface area contributed by atoms with E-state index >= 15 is 0 Å². The molecule has 0 saturated carbocycles. The Balaban J connectivity index is 1.59. The molecule has 0 fully saturated rings. The summed E-state index contributed by atoms with van der Waals surface area (Å²) in [6, 6.07) is 24.4. The van der Waals surface area contributed by atoms with Gasteiger partial charge in [-0.2, -0.15) is 10.1 Å². The van der Waals surface area contributed by atoms with E-state index in [0.29, 0.717) is 11.0 Å². The summed E-state index contributed by atoms with van der Waals surface area (Å²) in [6.45, 7) is 0. The Morgan fingerprint density at radius 3 is 2.52 bits per heavy atom. The maximum absolute atomic E-state index is 6.65. The van der Waals surface area contributed by atoms with Gasteiger partial charge in [0.15, 0.2) is 0 Å². The number of hydrogen-bond donors (Lipinski definition) is 1. The topological polar surface area (TPSA) is 55.2 Å². The molecule has 3 heterocycles. The third-order valence-electron chi connectivity index (χ3n) is 6.20. The lowest BCUT2D eigenvalue weighted by Gasteiger charge is -2.39. The van der Waals surface area contributed by atoms with Crippen molar-refractivity contribution >= 4 is 28.9 Å². The van der Waals surface area contributed by atoms with Crippen molar-refractivity contribution in [2.75, 3.05) is 24.3 Å². The zero-order valence-corrected chi connectivity index (χ0v) is 19.0. The molecular weight excluding hydrogens is 434 g/mol. The van der Waals surface area contributed by atoms with Crippen LogP contribution in [-0.2, 0) is 0 Å². The molecule has 164 valence electrons. The second-order valence-electron chi connectivity index (χ2n) is 8.42. The van der Waals surface area contributed by atoms with Crippen LogP contribution >= 0.6 is 11.6 Å². The van der Waals surface area contributed by atoms with Gasteiger partial charge in [-0.15, -0.1) is 0 Å². The second-order valence-corrected chi connectivity index (χ2v) is 8.86. The minimum Gasteiger partial charge on any atom is -0.480 e. The Hall–Kier alpha value is -3.77. The minimum absolute atomic E-state index is 0.175. The average Bonchev–Trinajstić information content (AvgIpc) is 3.31. The molecule has 1 aromatic heterocycles. The van der Waals surface area contributed by atoms with E-state index in [-0.39, 0.29) is 12.1 Å². The molecule has 7 heteroatoms. The number of benzene rings is 3. The van der Waals surface area contributed by atoms with Crippen LogP contribution in [0, 0.1) is 0 Å². The number of anilines is 2. The lowest BCUT2D eigenvalue weighted by molar-refractivity contribution is 0.223. The molecule has 2 aliphatic heterocycles. The second kappa shape index (κ2) is 7.67. The summed E-state index contributed by atoms with van der Waals surface area (Å²) in [6.07, 6.45) is 1.28. The molecule has 6 rings (SSSR count). The molecule has 6 nitrogen and oxygen atoms in total. The van der Waals surface area contributed by atoms with Gasteiger partial charge in [0, 0.05) is 35.9 Å². The van der Waals surface area contributed by atoms with Crippen LogP contribution in [0.15, 0.2) is 84.7 Å². The predicted octanol–water partition coefficient (Wildman–Crippen LogP) is 5.56. The maximum Gasteiger partial charge on any atom is 0.226 e. The smallest absolute Gasteiger partial charge is 0.226 e. The average molecular weight is 456 g/mol. The first-order valence-corrected chi connectivity index (χ1v) is 11.2. The molecule has 0 unspecified atom stereocenters. The first kappa shape index (κ1) is 19.9. The van der Waals surface area contributed by atoms with Gasteiger partial charge in [-0.3, -0.25) is 0 Å². The van der Waals surface area contributed by atoms with Crippen LogP contribution in [-0.4, -0.2) is 28.9 Å². The van der Waals surface area contributed by atoms with Crippen molar-refractivity contribution in [1.82, 2.24) is 14.8 Å². The van der Waals surface area contributed by atoms with Gasteiger partial charge in [0.05, 0.1) is 5.70 Å². The number of ether oxygens (including phenoxy) is 1. The highest BCUT2D eigenvalue weighted by atomic mass is 35.5. The molecule has 4 aromatic rings. The number of halogens is 1. The van der Waals surface area contributed by atoms with E-state index < -0.39 is 0 Å². The molecule has 3 aromatic carbocycles. The summed E-state index contributed by atoms with van der Waals surface area (Å²) in [4.78, 5) is 6.56. The highest BCUT2D eigenvalue weighted by molar-refractivity contribution is 6.30. The number of aromatic nitrogens is 3. The Kier molecular flexibility index (Phi) is 4.62. The Labute approximate surface area is 197 Å². The highest BCUT2D eigenvalue weighted by Gasteiger charge is 2.40. The van der Waals surface area contributed by atoms with Gasteiger partial charge in [0.1, 0.15) is 24.2 Å². The molecule has 0 aliphatic carbocycles. The van der Waals surface area contributed by atoms with E-state index in [1.165, 1.54) is 0 Å². The van der Waals surface area contributed by atoms with E-state index in [9.17, 15) is 0 Å². The summed E-state index contributed by atoms with van der Waals surface area (Å²) >= 11 is 6.40. The predicted molar refractivity (Wildman–Crippen MR) is 131 cm³/mol. The largest absolute Gasteiger partial charge is 0.480 e. The number of fused-ring (bicyclic) bond motifs is 3. The van der Waals surface area contributed by atoms with Gasteiger partial charge in [-0.25, -0.2) is 4.68 Å². The molecule has 2 atom stereocenters. The molecule has 0 spiro atoms. The van der Waals surface area contributed by atoms with Crippen LogP contribution in [0.3, 0.4) is 0 Å². The number of nitrogens with zero attached hydrogens (tertiary/aromatic N) is 4. The molecule has 1 N–H and O–H groups in total. The standard InChI is InChI=1S/C26H22ClN5O/c1-31(2)19-11-8-17(9-12-19)25-22-23(20-14-18(27)10-13-21(20)33-25)30-26-28-15-29-32(26)24(22)16-6-4-3-5-7-16/h3-15,24-25H,1-2H3,(H,28,29,30)/t24-,25+/m0/s1. The van der Waals surface area contributed by atoms with E-state index in [2.05, 4.69) is 56.7 Å². The van der Waals surface area contributed by atoms with Gasteiger partial charge in [0.25, 0.3) is 0 Å². The SMILES string of the molecule is CN(C)c1ccc([C@H]2Oc3ccc(Cl)cc3C3=C2[C@H](c2ccccc2)n2ncnc2N3)cc1. The van der Waals surface area contributed by atoms with Gasteiger partial charge < -0.3 is 15.0 Å². The van der Waals surface area contributed by atoms with Crippen molar-refractivity contribution < 1.29 is 4.74 Å². The quantitative estimate of drug-likeness (QED) is 0.438. The fourth-order valence-corrected chi connectivity index (χ4v) is 4.79. The van der Waals surface area contributed by atoms with E-state index in [1.807, 2.05) is 55.2 Å². The summed E-state index contributed by atoms with van der Waals surface area (Å²) < 4.78 is 8.58. The molecule has 0 radical (unpaired) electrons. The van der Waals surface area contributed by atoms with Crippen molar-refractivity contribution in [3.8, 4) is 5.75 Å². The van der Waals surface area contributed by atoms with Gasteiger partial charge in [0.2, 0.25) is 5.95 Å². The Morgan fingerprint density at radius 1 is 0.970 bits per heavy atom. The minimum atomic E-state index is -0.306. The lowest BCUT2D eigenvalue weighted by Crippen LogP contribution is -2.32. The molecule has 0 saturated heterocycles. The van der Waals surface area contributed by atoms with Crippen molar-refractivity contribution in [3.63, 3.8) is 0 Å². The third kappa shape index (κ3) is 3.26. The molecule has 0 amide bonds. The first-order valence-electron chi connectivity index (χ1n) is 10.8. The van der Waals surface area contributed by atoms with Crippen molar-refractivity contribution in [2.45, 2.75) is 12.1 Å². The highest BCUT2D eigenvalue weighted by Crippen LogP contribution is 2.51. The molecule has 0 bridgehead atoms. The zero-order chi connectivity index (χ0) is 22.5. The molecular formula is C26H22ClN5O. The molecule has 2 aliphatic rings. The number of rotatable bonds is 3. The van der Waals surface area contributed by atoms with Crippen molar-refractivity contribution in [3.05, 3.63) is 106 Å². The summed E-state index contributed by atoms with van der Waals surface area (Å²) in [5.74, 6) is 1.48. The Morgan fingerprint density at radius 2 is 1.76 bits per heavy atom. The fourth-order valence-electron chi connectivity index (χ4n) is 4.62. The lowest BCUT2D eigenvalue weighted by atomic mass is 9.84. The van der Waals surface area contributed by atoms with Crippen LogP contribution in [0.5, 0.6) is 5.75 Å². The van der Waals surface area contributed by atoms with Crippen LogP contribution in [0.25, 0.3) is 5.70 Å². The van der Waals surface area contributed by atoms with Gasteiger partial charge >= 0.3 is 0 Å². The van der Waals surface area contributed by atoms with E-state index in [0.717, 1.165) is 39.4 Å². The first-order chi connectivity index (χ1) is 16.1. The third-order valence-corrected chi connectivity index (χ3v) is 6.44. The summed E-state index contributed by atoms with van der Waals surface area (Å²) in [7, 11) is 4.07. The van der Waals surface area contributed by atoms with Crippen LogP contribution in [0.1, 0.15) is 28.8 Å². The maximum atomic E-state index is 6.65. The fraction of sp³-hybridized carbons (Fsp3) is 0.154. The zero-order valence-electron chi connectivity index (χ0n) is 18.2. The van der Waals surface area contributed by atoms with Crippen molar-refractivity contribution in [1.29, 1.82) is 0 Å². The van der Waals surface area contributed by atoms with Crippen LogP contribution < -0.4 is 15.0 Å². The monoisotopic (exact) mass is 455 g/mol. The normalized spacial score (nSPS) is 18.5. The number of hydrogen-bond acceptors (Lipinski definition) is 5. The van der Waals surface area contributed by atoms with E-state index in [4.69, 9.17) is 16.3 Å². The van der Waals surface area contributed by atoms with Crippen LogP contribution in [0.4, 0.5) is 11.6 Å². The number of nitrogens with one attached hydrogen (secondary N) is 1. The molecule has 33 heavy (non-hydrogen) atoms. The van der Waals surface area contributed by atoms with Gasteiger partial charge in [-0.05, 0) is 41.5 Å². The van der Waals surface area contributed by atoms with Crippen molar-refractivity contribution in [2.24, 2.45) is 0 Å². The van der Waals surface area contributed by atoms with Crippen LogP contribution in [0.2, 0.25) is 5.02 Å². The van der Waals surface area contributed by atoms with E-state index in [1.54, 1.807) is 6.33 Å². The summed E-state index contributed by atoms with van der Waals surface area (Å²) in [5, 5.41) is 8.73. The van der Waals surface area contributed by atoms with Gasteiger partial charge in [-0.1, -0.05) is 54.1 Å².